The van der Waals surface area contributed by atoms with Crippen molar-refractivity contribution < 1.29 is 4.79 Å². The Balaban J connectivity index is 0.00000300. The lowest BCUT2D eigenvalue weighted by Crippen LogP contribution is -2.44. The van der Waals surface area contributed by atoms with E-state index in [1.807, 2.05) is 42.5 Å². The van der Waals surface area contributed by atoms with Gasteiger partial charge in [0.1, 0.15) is 0 Å². The minimum absolute atomic E-state index is 0. The monoisotopic (exact) mass is 527 g/mol. The number of carbonyl (C=O) groups excluding carboxylic acids is 1. The lowest BCUT2D eigenvalue weighted by atomic mass is 10.2. The molecule has 1 atom stereocenters. The molecule has 0 saturated carbocycles. The third kappa shape index (κ3) is 7.08. The van der Waals surface area contributed by atoms with Gasteiger partial charge in [0.15, 0.2) is 5.96 Å². The first-order valence-corrected chi connectivity index (χ1v) is 9.75. The normalized spacial score (nSPS) is 16.2. The summed E-state index contributed by atoms with van der Waals surface area (Å²) in [4.78, 5) is 17.9. The molecular weight excluding hydrogens is 501 g/mol. The molecule has 3 rings (SSSR count). The SMILES string of the molecule is CN=C(NCc1cccc(NC(C)=O)c1)NC1CCN(c2cccc(Cl)c2)C1.I. The van der Waals surface area contributed by atoms with Gasteiger partial charge >= 0.3 is 0 Å². The van der Waals surface area contributed by atoms with E-state index in [-0.39, 0.29) is 29.9 Å². The molecule has 1 fully saturated rings. The van der Waals surface area contributed by atoms with Gasteiger partial charge in [0.2, 0.25) is 5.91 Å². The molecule has 0 bridgehead atoms. The van der Waals surface area contributed by atoms with Crippen molar-refractivity contribution in [3.8, 4) is 0 Å². The molecule has 1 heterocycles. The molecule has 1 aliphatic heterocycles. The molecule has 8 heteroatoms. The number of rotatable bonds is 5. The fraction of sp³-hybridized carbons (Fsp3) is 0.333. The predicted octanol–water partition coefficient (Wildman–Crippen LogP) is 3.86. The molecule has 2 aromatic rings. The van der Waals surface area contributed by atoms with E-state index in [1.54, 1.807) is 7.05 Å². The number of benzene rings is 2. The number of hydrogen-bond donors (Lipinski definition) is 3. The molecule has 0 spiro atoms. The zero-order chi connectivity index (χ0) is 19.9. The second-order valence-electron chi connectivity index (χ2n) is 6.86. The van der Waals surface area contributed by atoms with Crippen LogP contribution in [-0.4, -0.2) is 38.0 Å². The minimum Gasteiger partial charge on any atom is -0.369 e. The van der Waals surface area contributed by atoms with Gasteiger partial charge in [0.25, 0.3) is 0 Å². The highest BCUT2D eigenvalue weighted by molar-refractivity contribution is 14.0. The van der Waals surface area contributed by atoms with E-state index < -0.39 is 0 Å². The molecule has 156 valence electrons. The smallest absolute Gasteiger partial charge is 0.221 e. The molecular formula is C21H27ClIN5O. The highest BCUT2D eigenvalue weighted by Crippen LogP contribution is 2.23. The predicted molar refractivity (Wildman–Crippen MR) is 132 cm³/mol. The summed E-state index contributed by atoms with van der Waals surface area (Å²) >= 11 is 6.11. The van der Waals surface area contributed by atoms with Crippen molar-refractivity contribution in [3.05, 3.63) is 59.1 Å². The fourth-order valence-electron chi connectivity index (χ4n) is 3.32. The Morgan fingerprint density at radius 1 is 1.24 bits per heavy atom. The molecule has 1 aliphatic rings. The van der Waals surface area contributed by atoms with Gasteiger partial charge in [0, 0.05) is 56.0 Å². The quantitative estimate of drug-likeness (QED) is 0.314. The van der Waals surface area contributed by atoms with Gasteiger partial charge in [0.05, 0.1) is 0 Å². The first-order valence-electron chi connectivity index (χ1n) is 9.38. The first-order chi connectivity index (χ1) is 13.5. The highest BCUT2D eigenvalue weighted by atomic mass is 127. The average molecular weight is 528 g/mol. The van der Waals surface area contributed by atoms with E-state index >= 15 is 0 Å². The number of aliphatic imine (C=N–C) groups is 1. The van der Waals surface area contributed by atoms with Crippen LogP contribution in [-0.2, 0) is 11.3 Å². The number of halogens is 2. The van der Waals surface area contributed by atoms with Crippen molar-refractivity contribution in [2.45, 2.75) is 25.9 Å². The number of anilines is 2. The zero-order valence-electron chi connectivity index (χ0n) is 16.6. The van der Waals surface area contributed by atoms with Crippen LogP contribution in [0.4, 0.5) is 11.4 Å². The van der Waals surface area contributed by atoms with Gasteiger partial charge in [-0.05, 0) is 42.3 Å². The molecule has 0 aliphatic carbocycles. The van der Waals surface area contributed by atoms with Crippen molar-refractivity contribution in [2.24, 2.45) is 4.99 Å². The van der Waals surface area contributed by atoms with Crippen LogP contribution >= 0.6 is 35.6 Å². The van der Waals surface area contributed by atoms with E-state index in [4.69, 9.17) is 11.6 Å². The summed E-state index contributed by atoms with van der Waals surface area (Å²) in [6, 6.07) is 16.1. The van der Waals surface area contributed by atoms with Crippen molar-refractivity contribution in [2.75, 3.05) is 30.4 Å². The Morgan fingerprint density at radius 2 is 2.03 bits per heavy atom. The molecule has 1 saturated heterocycles. The van der Waals surface area contributed by atoms with Gasteiger partial charge in [-0.2, -0.15) is 0 Å². The molecule has 0 radical (unpaired) electrons. The number of guanidine groups is 1. The Bertz CT molecular complexity index is 860. The molecule has 1 unspecified atom stereocenters. The number of nitrogens with one attached hydrogen (secondary N) is 3. The van der Waals surface area contributed by atoms with E-state index in [2.05, 4.69) is 31.9 Å². The molecule has 29 heavy (non-hydrogen) atoms. The summed E-state index contributed by atoms with van der Waals surface area (Å²) < 4.78 is 0. The minimum atomic E-state index is -0.0759. The van der Waals surface area contributed by atoms with Gasteiger partial charge in [-0.15, -0.1) is 24.0 Å². The van der Waals surface area contributed by atoms with Crippen LogP contribution in [0.5, 0.6) is 0 Å². The molecule has 6 nitrogen and oxygen atoms in total. The van der Waals surface area contributed by atoms with Crippen LogP contribution in [0.3, 0.4) is 0 Å². The maximum absolute atomic E-state index is 11.2. The van der Waals surface area contributed by atoms with Gasteiger partial charge in [-0.3, -0.25) is 9.79 Å². The van der Waals surface area contributed by atoms with Crippen LogP contribution < -0.4 is 20.9 Å². The van der Waals surface area contributed by atoms with Crippen molar-refractivity contribution in [1.29, 1.82) is 0 Å². The summed E-state index contributed by atoms with van der Waals surface area (Å²) in [5, 5.41) is 10.4. The summed E-state index contributed by atoms with van der Waals surface area (Å²) in [5.74, 6) is 0.691. The Hall–Kier alpha value is -2.00. The number of hydrogen-bond acceptors (Lipinski definition) is 3. The molecule has 2 aromatic carbocycles. The third-order valence-corrected chi connectivity index (χ3v) is 4.87. The van der Waals surface area contributed by atoms with Gasteiger partial charge in [-0.1, -0.05) is 29.8 Å². The lowest BCUT2D eigenvalue weighted by Gasteiger charge is -2.20. The maximum atomic E-state index is 11.2. The van der Waals surface area contributed by atoms with Crippen LogP contribution in [0.25, 0.3) is 0 Å². The van der Waals surface area contributed by atoms with Crippen LogP contribution in [0.1, 0.15) is 18.9 Å². The molecule has 0 aromatic heterocycles. The Kier molecular flexibility index (Phi) is 9.03. The van der Waals surface area contributed by atoms with E-state index in [1.165, 1.54) is 6.92 Å². The van der Waals surface area contributed by atoms with Crippen molar-refractivity contribution >= 4 is 58.8 Å². The van der Waals surface area contributed by atoms with Crippen LogP contribution in [0.15, 0.2) is 53.5 Å². The Morgan fingerprint density at radius 3 is 2.76 bits per heavy atom. The molecule has 3 N–H and O–H groups in total. The summed E-state index contributed by atoms with van der Waals surface area (Å²) in [6.07, 6.45) is 1.03. The summed E-state index contributed by atoms with van der Waals surface area (Å²) in [7, 11) is 1.77. The number of carbonyl (C=O) groups is 1. The third-order valence-electron chi connectivity index (χ3n) is 4.63. The first kappa shape index (κ1) is 23.3. The second-order valence-corrected chi connectivity index (χ2v) is 7.30. The topological polar surface area (TPSA) is 68.8 Å². The maximum Gasteiger partial charge on any atom is 0.221 e. The van der Waals surface area contributed by atoms with E-state index in [0.717, 1.165) is 47.4 Å². The fourth-order valence-corrected chi connectivity index (χ4v) is 3.51. The molecule has 1 amide bonds. The zero-order valence-corrected chi connectivity index (χ0v) is 19.7. The van der Waals surface area contributed by atoms with Crippen molar-refractivity contribution in [1.82, 2.24) is 10.6 Å². The van der Waals surface area contributed by atoms with Crippen LogP contribution in [0, 0.1) is 0 Å². The standard InChI is InChI=1S/C21H26ClN5O.HI/c1-15(28)25-18-7-3-5-16(11-18)13-24-21(23-2)26-19-9-10-27(14-19)20-8-4-6-17(22)12-20;/h3-8,11-12,19H,9-10,13-14H2,1-2H3,(H,25,28)(H2,23,24,26);1H. The van der Waals surface area contributed by atoms with Crippen molar-refractivity contribution in [3.63, 3.8) is 0 Å². The van der Waals surface area contributed by atoms with E-state index in [9.17, 15) is 4.79 Å². The largest absolute Gasteiger partial charge is 0.369 e. The van der Waals surface area contributed by atoms with Gasteiger partial charge < -0.3 is 20.9 Å². The Labute approximate surface area is 194 Å². The summed E-state index contributed by atoms with van der Waals surface area (Å²) in [5.41, 5.74) is 3.01. The number of amides is 1. The van der Waals surface area contributed by atoms with Crippen LogP contribution in [0.2, 0.25) is 5.02 Å². The average Bonchev–Trinajstić information content (AvgIpc) is 3.13. The lowest BCUT2D eigenvalue weighted by molar-refractivity contribution is -0.114. The van der Waals surface area contributed by atoms with Gasteiger partial charge in [-0.25, -0.2) is 0 Å². The van der Waals surface area contributed by atoms with E-state index in [0.29, 0.717) is 12.6 Å². The highest BCUT2D eigenvalue weighted by Gasteiger charge is 2.23. The second kappa shape index (κ2) is 11.3. The summed E-state index contributed by atoms with van der Waals surface area (Å²) in [6.45, 7) is 4.01. The number of nitrogens with zero attached hydrogens (tertiary/aromatic N) is 2.